The highest BCUT2D eigenvalue weighted by molar-refractivity contribution is 7.89. The van der Waals surface area contributed by atoms with Crippen LogP contribution in [0.3, 0.4) is 0 Å². The largest absolute Gasteiger partial charge is 0.340 e. The van der Waals surface area contributed by atoms with E-state index in [9.17, 15) is 22.8 Å². The van der Waals surface area contributed by atoms with Crippen LogP contribution in [0.2, 0.25) is 0 Å². The zero-order chi connectivity index (χ0) is 22.2. The number of nitrogens with zero attached hydrogens (tertiary/aromatic N) is 3. The molecule has 3 aliphatic rings. The molecule has 4 rings (SSSR count). The van der Waals surface area contributed by atoms with Crippen molar-refractivity contribution in [3.8, 4) is 0 Å². The Hall–Kier alpha value is -2.46. The first-order valence-electron chi connectivity index (χ1n) is 10.7. The maximum atomic E-state index is 13.0. The van der Waals surface area contributed by atoms with E-state index in [4.69, 9.17) is 0 Å². The predicted octanol–water partition coefficient (Wildman–Crippen LogP) is 1.08. The standard InChI is InChI=1S/C21H28N4O5S/c1-16-5-7-17(8-6-16)31(29,30)24-12-4-11-23(13-14-24)18(26)15-25-19(27)21(22-20(25)28)9-2-3-10-21/h5-8H,2-4,9-15H2,1H3,(H,22,28). The van der Waals surface area contributed by atoms with Gasteiger partial charge in [-0.1, -0.05) is 30.5 Å². The first-order chi connectivity index (χ1) is 14.7. The SMILES string of the molecule is Cc1ccc(S(=O)(=O)N2CCCN(C(=O)CN3C(=O)NC4(CCCC4)C3=O)CC2)cc1. The molecule has 0 unspecified atom stereocenters. The van der Waals surface area contributed by atoms with Gasteiger partial charge in [0.05, 0.1) is 4.90 Å². The van der Waals surface area contributed by atoms with Crippen molar-refractivity contribution in [3.05, 3.63) is 29.8 Å². The quantitative estimate of drug-likeness (QED) is 0.694. The summed E-state index contributed by atoms with van der Waals surface area (Å²) < 4.78 is 27.3. The molecule has 31 heavy (non-hydrogen) atoms. The first kappa shape index (κ1) is 21.8. The van der Waals surface area contributed by atoms with Gasteiger partial charge in [-0.15, -0.1) is 0 Å². The molecule has 1 aromatic carbocycles. The van der Waals surface area contributed by atoms with Crippen LogP contribution in [0.4, 0.5) is 4.79 Å². The number of hydrogen-bond acceptors (Lipinski definition) is 5. The molecule has 0 bridgehead atoms. The van der Waals surface area contributed by atoms with Crippen LogP contribution in [0.25, 0.3) is 0 Å². The van der Waals surface area contributed by atoms with E-state index >= 15 is 0 Å². The van der Waals surface area contributed by atoms with Crippen LogP contribution in [0.1, 0.15) is 37.7 Å². The fourth-order valence-electron chi connectivity index (χ4n) is 4.62. The van der Waals surface area contributed by atoms with Crippen molar-refractivity contribution in [1.82, 2.24) is 19.4 Å². The topological polar surface area (TPSA) is 107 Å². The molecule has 3 fully saturated rings. The maximum absolute atomic E-state index is 13.0. The van der Waals surface area contributed by atoms with Crippen LogP contribution in [-0.4, -0.2) is 78.6 Å². The average Bonchev–Trinajstić information content (AvgIpc) is 3.17. The summed E-state index contributed by atoms with van der Waals surface area (Å²) in [6.45, 7) is 2.67. The van der Waals surface area contributed by atoms with E-state index in [1.165, 1.54) is 4.31 Å². The Bertz CT molecular complexity index is 986. The molecular formula is C21H28N4O5S. The zero-order valence-electron chi connectivity index (χ0n) is 17.7. The second kappa shape index (κ2) is 8.23. The van der Waals surface area contributed by atoms with E-state index in [0.29, 0.717) is 32.4 Å². The molecule has 10 heteroatoms. The lowest BCUT2D eigenvalue weighted by Gasteiger charge is -2.24. The number of hydrogen-bond donors (Lipinski definition) is 1. The number of aryl methyl sites for hydroxylation is 1. The molecule has 1 aliphatic carbocycles. The normalized spacial score (nSPS) is 22.1. The lowest BCUT2D eigenvalue weighted by molar-refractivity contribution is -0.138. The van der Waals surface area contributed by atoms with Gasteiger partial charge in [-0.05, 0) is 38.3 Å². The molecule has 2 saturated heterocycles. The summed E-state index contributed by atoms with van der Waals surface area (Å²) in [6.07, 6.45) is 3.47. The Morgan fingerprint density at radius 1 is 1.00 bits per heavy atom. The summed E-state index contributed by atoms with van der Waals surface area (Å²) in [5.41, 5.74) is 0.140. The molecule has 168 valence electrons. The number of nitrogens with one attached hydrogen (secondary N) is 1. The van der Waals surface area contributed by atoms with E-state index in [-0.39, 0.29) is 36.3 Å². The van der Waals surface area contributed by atoms with Gasteiger partial charge in [0, 0.05) is 26.2 Å². The molecule has 0 radical (unpaired) electrons. The molecule has 0 atom stereocenters. The Kier molecular flexibility index (Phi) is 5.78. The molecule has 1 saturated carbocycles. The third-order valence-corrected chi connectivity index (χ3v) is 8.38. The minimum absolute atomic E-state index is 0.173. The summed E-state index contributed by atoms with van der Waals surface area (Å²) in [5, 5.41) is 2.78. The minimum Gasteiger partial charge on any atom is -0.340 e. The lowest BCUT2D eigenvalue weighted by atomic mass is 9.98. The van der Waals surface area contributed by atoms with Crippen LogP contribution >= 0.6 is 0 Å². The molecule has 1 aromatic rings. The molecule has 2 aliphatic heterocycles. The Morgan fingerprint density at radius 2 is 1.68 bits per heavy atom. The van der Waals surface area contributed by atoms with Gasteiger partial charge in [0.1, 0.15) is 12.1 Å². The van der Waals surface area contributed by atoms with Crippen LogP contribution in [0.5, 0.6) is 0 Å². The molecule has 2 heterocycles. The number of carbonyl (C=O) groups is 3. The number of amides is 4. The molecule has 1 spiro atoms. The zero-order valence-corrected chi connectivity index (χ0v) is 18.5. The first-order valence-corrected chi connectivity index (χ1v) is 12.2. The summed E-state index contributed by atoms with van der Waals surface area (Å²) in [4.78, 5) is 40.8. The van der Waals surface area contributed by atoms with Crippen molar-refractivity contribution < 1.29 is 22.8 Å². The number of rotatable bonds is 4. The van der Waals surface area contributed by atoms with E-state index in [1.54, 1.807) is 29.2 Å². The van der Waals surface area contributed by atoms with Crippen LogP contribution in [-0.2, 0) is 19.6 Å². The highest BCUT2D eigenvalue weighted by Gasteiger charge is 2.52. The van der Waals surface area contributed by atoms with E-state index in [2.05, 4.69) is 5.32 Å². The number of imide groups is 1. The van der Waals surface area contributed by atoms with Gasteiger partial charge in [-0.25, -0.2) is 13.2 Å². The molecule has 0 aromatic heterocycles. The van der Waals surface area contributed by atoms with E-state index < -0.39 is 21.6 Å². The maximum Gasteiger partial charge on any atom is 0.325 e. The number of sulfonamides is 1. The predicted molar refractivity (Wildman–Crippen MR) is 113 cm³/mol. The van der Waals surface area contributed by atoms with Crippen LogP contribution < -0.4 is 5.32 Å². The van der Waals surface area contributed by atoms with Crippen molar-refractivity contribution in [2.45, 2.75) is 49.5 Å². The van der Waals surface area contributed by atoms with Gasteiger partial charge >= 0.3 is 6.03 Å². The van der Waals surface area contributed by atoms with Crippen molar-refractivity contribution in [3.63, 3.8) is 0 Å². The highest BCUT2D eigenvalue weighted by atomic mass is 32.2. The smallest absolute Gasteiger partial charge is 0.325 e. The van der Waals surface area contributed by atoms with Gasteiger partial charge in [0.25, 0.3) is 5.91 Å². The van der Waals surface area contributed by atoms with Crippen molar-refractivity contribution in [2.75, 3.05) is 32.7 Å². The van der Waals surface area contributed by atoms with Crippen molar-refractivity contribution in [2.24, 2.45) is 0 Å². The van der Waals surface area contributed by atoms with E-state index in [0.717, 1.165) is 23.3 Å². The summed E-state index contributed by atoms with van der Waals surface area (Å²) >= 11 is 0. The second-order valence-electron chi connectivity index (χ2n) is 8.56. The second-order valence-corrected chi connectivity index (χ2v) is 10.5. The lowest BCUT2D eigenvalue weighted by Crippen LogP contribution is -2.46. The Labute approximate surface area is 182 Å². The fraction of sp³-hybridized carbons (Fsp3) is 0.571. The van der Waals surface area contributed by atoms with Crippen LogP contribution in [0, 0.1) is 6.92 Å². The fourth-order valence-corrected chi connectivity index (χ4v) is 6.08. The summed E-state index contributed by atoms with van der Waals surface area (Å²) in [7, 11) is -3.64. The van der Waals surface area contributed by atoms with Gasteiger partial charge in [-0.2, -0.15) is 4.31 Å². The molecule has 4 amide bonds. The average molecular weight is 449 g/mol. The van der Waals surface area contributed by atoms with Crippen molar-refractivity contribution >= 4 is 27.9 Å². The van der Waals surface area contributed by atoms with Crippen molar-refractivity contribution in [1.29, 1.82) is 0 Å². The number of urea groups is 1. The summed E-state index contributed by atoms with van der Waals surface area (Å²) in [5.74, 6) is -0.658. The minimum atomic E-state index is -3.64. The monoisotopic (exact) mass is 448 g/mol. The molecular weight excluding hydrogens is 420 g/mol. The van der Waals surface area contributed by atoms with E-state index in [1.807, 2.05) is 6.92 Å². The third-order valence-electron chi connectivity index (χ3n) is 6.46. The van der Waals surface area contributed by atoms with Gasteiger partial charge in [0.15, 0.2) is 0 Å². The van der Waals surface area contributed by atoms with Gasteiger partial charge in [0.2, 0.25) is 15.9 Å². The number of carbonyl (C=O) groups excluding carboxylic acids is 3. The van der Waals surface area contributed by atoms with Gasteiger partial charge in [-0.3, -0.25) is 14.5 Å². The van der Waals surface area contributed by atoms with Gasteiger partial charge < -0.3 is 10.2 Å². The Morgan fingerprint density at radius 3 is 2.35 bits per heavy atom. The highest BCUT2D eigenvalue weighted by Crippen LogP contribution is 2.35. The molecule has 9 nitrogen and oxygen atoms in total. The Balaban J connectivity index is 1.39. The summed E-state index contributed by atoms with van der Waals surface area (Å²) in [6, 6.07) is 6.19. The van der Waals surface area contributed by atoms with Crippen LogP contribution in [0.15, 0.2) is 29.2 Å². The number of benzene rings is 1. The third kappa shape index (κ3) is 4.06. The molecule has 1 N–H and O–H groups in total.